The lowest BCUT2D eigenvalue weighted by Crippen LogP contribution is -2.53. The number of carbonyl (C=O) groups is 2. The molecular formula is C25H34N2O3. The third-order valence-electron chi connectivity index (χ3n) is 4.95. The minimum atomic E-state index is -0.626. The molecule has 30 heavy (non-hydrogen) atoms. The Morgan fingerprint density at radius 3 is 2.30 bits per heavy atom. The molecule has 162 valence electrons. The molecule has 0 aliphatic heterocycles. The van der Waals surface area contributed by atoms with Gasteiger partial charge in [0, 0.05) is 12.1 Å². The van der Waals surface area contributed by atoms with Crippen LogP contribution in [-0.2, 0) is 16.1 Å². The fraction of sp³-hybridized carbons (Fsp3) is 0.440. The van der Waals surface area contributed by atoms with Crippen molar-refractivity contribution in [1.29, 1.82) is 0 Å². The van der Waals surface area contributed by atoms with Gasteiger partial charge in [-0.05, 0) is 71.2 Å². The van der Waals surface area contributed by atoms with Gasteiger partial charge in [0.15, 0.2) is 6.61 Å². The maximum absolute atomic E-state index is 13.1. The average molecular weight is 411 g/mol. The number of amides is 2. The molecule has 0 spiro atoms. The van der Waals surface area contributed by atoms with Crippen LogP contribution in [-0.4, -0.2) is 34.9 Å². The van der Waals surface area contributed by atoms with Gasteiger partial charge in [-0.3, -0.25) is 9.59 Å². The van der Waals surface area contributed by atoms with Crippen molar-refractivity contribution in [1.82, 2.24) is 10.2 Å². The smallest absolute Gasteiger partial charge is 0.261 e. The summed E-state index contributed by atoms with van der Waals surface area (Å²) in [6.45, 7) is 13.7. The Morgan fingerprint density at radius 1 is 1.03 bits per heavy atom. The number of aryl methyl sites for hydroxylation is 3. The standard InChI is InChI=1S/C25H34N2O3/c1-17-12-13-22(19(3)14-17)30-16-23(28)27(15-21-11-9-8-10-18(21)2)20(4)24(29)26-25(5,6)7/h8-14,20H,15-16H2,1-7H3,(H,26,29)/t20-/m1/s1. The number of rotatable bonds is 7. The highest BCUT2D eigenvalue weighted by molar-refractivity contribution is 5.88. The minimum Gasteiger partial charge on any atom is -0.483 e. The van der Waals surface area contributed by atoms with Crippen LogP contribution in [0.1, 0.15) is 49.9 Å². The van der Waals surface area contributed by atoms with Gasteiger partial charge in [0.05, 0.1) is 0 Å². The predicted molar refractivity (Wildman–Crippen MR) is 120 cm³/mol. The Labute approximate surface area is 180 Å². The summed E-state index contributed by atoms with van der Waals surface area (Å²) in [5.74, 6) is 0.266. The summed E-state index contributed by atoms with van der Waals surface area (Å²) < 4.78 is 5.81. The molecule has 1 N–H and O–H groups in total. The molecule has 0 saturated heterocycles. The summed E-state index contributed by atoms with van der Waals surface area (Å²) in [6.07, 6.45) is 0. The van der Waals surface area contributed by atoms with Crippen LogP contribution in [0.25, 0.3) is 0 Å². The van der Waals surface area contributed by atoms with E-state index in [4.69, 9.17) is 4.74 Å². The number of benzene rings is 2. The number of ether oxygens (including phenoxy) is 1. The molecular weight excluding hydrogens is 376 g/mol. The van der Waals surface area contributed by atoms with Crippen molar-refractivity contribution in [3.05, 3.63) is 64.7 Å². The van der Waals surface area contributed by atoms with Crippen molar-refractivity contribution in [3.8, 4) is 5.75 Å². The maximum Gasteiger partial charge on any atom is 0.261 e. The van der Waals surface area contributed by atoms with Gasteiger partial charge in [0.1, 0.15) is 11.8 Å². The van der Waals surface area contributed by atoms with Crippen molar-refractivity contribution in [3.63, 3.8) is 0 Å². The van der Waals surface area contributed by atoms with E-state index in [-0.39, 0.29) is 24.0 Å². The Bertz CT molecular complexity index is 900. The summed E-state index contributed by atoms with van der Waals surface area (Å²) in [5.41, 5.74) is 3.83. The fourth-order valence-electron chi connectivity index (χ4n) is 3.21. The molecule has 0 fully saturated rings. The third-order valence-corrected chi connectivity index (χ3v) is 4.95. The SMILES string of the molecule is Cc1ccc(OCC(=O)N(Cc2ccccc2C)[C@H](C)C(=O)NC(C)(C)C)c(C)c1. The van der Waals surface area contributed by atoms with E-state index < -0.39 is 6.04 Å². The van der Waals surface area contributed by atoms with Gasteiger partial charge in [-0.25, -0.2) is 0 Å². The molecule has 2 aromatic carbocycles. The van der Waals surface area contributed by atoms with Gasteiger partial charge in [0.2, 0.25) is 5.91 Å². The summed E-state index contributed by atoms with van der Waals surface area (Å²) >= 11 is 0. The summed E-state index contributed by atoms with van der Waals surface area (Å²) in [5, 5.41) is 2.97. The van der Waals surface area contributed by atoms with Crippen LogP contribution in [0.2, 0.25) is 0 Å². The second kappa shape index (κ2) is 9.79. The van der Waals surface area contributed by atoms with Crippen LogP contribution in [0, 0.1) is 20.8 Å². The second-order valence-electron chi connectivity index (χ2n) is 8.92. The van der Waals surface area contributed by atoms with E-state index in [1.165, 1.54) is 0 Å². The van der Waals surface area contributed by atoms with Crippen molar-refractivity contribution in [2.24, 2.45) is 0 Å². The molecule has 2 amide bonds. The molecule has 0 heterocycles. The third kappa shape index (κ3) is 6.61. The Morgan fingerprint density at radius 2 is 1.70 bits per heavy atom. The van der Waals surface area contributed by atoms with Gasteiger partial charge < -0.3 is 15.0 Å². The van der Waals surface area contributed by atoms with Crippen LogP contribution in [0.3, 0.4) is 0 Å². The Balaban J connectivity index is 2.21. The zero-order valence-electron chi connectivity index (χ0n) is 19.2. The van der Waals surface area contributed by atoms with Crippen molar-refractivity contribution >= 4 is 11.8 Å². The largest absolute Gasteiger partial charge is 0.483 e. The first-order valence-electron chi connectivity index (χ1n) is 10.3. The molecule has 0 aliphatic rings. The number of carbonyl (C=O) groups excluding carboxylic acids is 2. The normalized spacial score (nSPS) is 12.2. The lowest BCUT2D eigenvalue weighted by atomic mass is 10.1. The highest BCUT2D eigenvalue weighted by Gasteiger charge is 2.29. The summed E-state index contributed by atoms with van der Waals surface area (Å²) in [4.78, 5) is 27.5. The number of nitrogens with one attached hydrogen (secondary N) is 1. The first-order chi connectivity index (χ1) is 14.0. The monoisotopic (exact) mass is 410 g/mol. The second-order valence-corrected chi connectivity index (χ2v) is 8.92. The average Bonchev–Trinajstić information content (AvgIpc) is 2.64. The zero-order valence-corrected chi connectivity index (χ0v) is 19.2. The minimum absolute atomic E-state index is 0.122. The summed E-state index contributed by atoms with van der Waals surface area (Å²) in [7, 11) is 0. The number of nitrogens with zero attached hydrogens (tertiary/aromatic N) is 1. The van der Waals surface area contributed by atoms with Gasteiger partial charge in [-0.2, -0.15) is 0 Å². The van der Waals surface area contributed by atoms with Gasteiger partial charge in [-0.1, -0.05) is 42.0 Å². The quantitative estimate of drug-likeness (QED) is 0.739. The van der Waals surface area contributed by atoms with Crippen molar-refractivity contribution in [2.45, 2.75) is 66.6 Å². The molecule has 1 atom stereocenters. The molecule has 0 saturated carbocycles. The van der Waals surface area contributed by atoms with E-state index >= 15 is 0 Å². The molecule has 0 bridgehead atoms. The molecule has 2 rings (SSSR count). The van der Waals surface area contributed by atoms with E-state index in [0.29, 0.717) is 12.3 Å². The Kier molecular flexibility index (Phi) is 7.65. The summed E-state index contributed by atoms with van der Waals surface area (Å²) in [6, 6.07) is 13.1. The van der Waals surface area contributed by atoms with Crippen LogP contribution >= 0.6 is 0 Å². The van der Waals surface area contributed by atoms with E-state index in [1.807, 2.05) is 84.0 Å². The van der Waals surface area contributed by atoms with Gasteiger partial charge in [-0.15, -0.1) is 0 Å². The number of hydrogen-bond donors (Lipinski definition) is 1. The highest BCUT2D eigenvalue weighted by Crippen LogP contribution is 2.20. The first kappa shape index (κ1) is 23.5. The molecule has 2 aromatic rings. The highest BCUT2D eigenvalue weighted by atomic mass is 16.5. The zero-order chi connectivity index (χ0) is 22.5. The topological polar surface area (TPSA) is 58.6 Å². The fourth-order valence-corrected chi connectivity index (χ4v) is 3.21. The maximum atomic E-state index is 13.1. The molecule has 0 unspecified atom stereocenters. The number of hydrogen-bond acceptors (Lipinski definition) is 3. The van der Waals surface area contributed by atoms with E-state index in [2.05, 4.69) is 5.32 Å². The van der Waals surface area contributed by atoms with E-state index in [0.717, 1.165) is 22.3 Å². The van der Waals surface area contributed by atoms with E-state index in [1.54, 1.807) is 11.8 Å². The lowest BCUT2D eigenvalue weighted by molar-refractivity contribution is -0.142. The van der Waals surface area contributed by atoms with E-state index in [9.17, 15) is 9.59 Å². The molecule has 0 aromatic heterocycles. The van der Waals surface area contributed by atoms with Crippen LogP contribution in [0.5, 0.6) is 5.75 Å². The van der Waals surface area contributed by atoms with Crippen LogP contribution in [0.15, 0.2) is 42.5 Å². The van der Waals surface area contributed by atoms with Gasteiger partial charge >= 0.3 is 0 Å². The van der Waals surface area contributed by atoms with Crippen molar-refractivity contribution < 1.29 is 14.3 Å². The Hall–Kier alpha value is -2.82. The predicted octanol–water partition coefficient (Wildman–Crippen LogP) is 4.32. The van der Waals surface area contributed by atoms with Crippen LogP contribution < -0.4 is 10.1 Å². The lowest BCUT2D eigenvalue weighted by Gasteiger charge is -2.31. The first-order valence-corrected chi connectivity index (χ1v) is 10.3. The molecule has 0 radical (unpaired) electrons. The molecule has 5 nitrogen and oxygen atoms in total. The van der Waals surface area contributed by atoms with Crippen molar-refractivity contribution in [2.75, 3.05) is 6.61 Å². The van der Waals surface area contributed by atoms with Crippen LogP contribution in [0.4, 0.5) is 0 Å². The molecule has 0 aliphatic carbocycles. The van der Waals surface area contributed by atoms with Gasteiger partial charge in [0.25, 0.3) is 5.91 Å². The molecule has 5 heteroatoms.